The molecule has 0 amide bonds. The van der Waals surface area contributed by atoms with E-state index in [4.69, 9.17) is 0 Å². The van der Waals surface area contributed by atoms with Gasteiger partial charge in [0.05, 0.1) is 0 Å². The zero-order valence-electron chi connectivity index (χ0n) is 3.48. The zero-order chi connectivity index (χ0) is 4.83. The van der Waals surface area contributed by atoms with Crippen LogP contribution in [0.1, 0.15) is 0 Å². The van der Waals surface area contributed by atoms with Crippen molar-refractivity contribution in [3.63, 3.8) is 0 Å². The minimum atomic E-state index is 0.580. The van der Waals surface area contributed by atoms with E-state index in [1.54, 1.807) is 6.08 Å². The van der Waals surface area contributed by atoms with E-state index in [0.29, 0.717) is 6.54 Å². The van der Waals surface area contributed by atoms with Crippen molar-refractivity contribution in [2.75, 3.05) is 6.54 Å². The molecule has 0 aromatic heterocycles. The largest absolute Gasteiger partial charge is 0.376 e. The van der Waals surface area contributed by atoms with Gasteiger partial charge < -0.3 is 4.76 Å². The second-order valence-electron chi connectivity index (χ2n) is 0.755. The van der Waals surface area contributed by atoms with Crippen molar-refractivity contribution >= 4 is 8.05 Å². The molecule has 1 N–H and O–H groups in total. The molecular formula is C3H6BNO. The van der Waals surface area contributed by atoms with Gasteiger partial charge in [0, 0.05) is 6.54 Å². The Morgan fingerprint density at radius 2 is 2.67 bits per heavy atom. The van der Waals surface area contributed by atoms with Gasteiger partial charge in [-0.3, -0.25) is 0 Å². The highest BCUT2D eigenvalue weighted by molar-refractivity contribution is 5.97. The van der Waals surface area contributed by atoms with E-state index in [-0.39, 0.29) is 0 Å². The highest BCUT2D eigenvalue weighted by Gasteiger charge is 1.65. The molecule has 0 aromatic rings. The Morgan fingerprint density at radius 3 is 2.83 bits per heavy atom. The van der Waals surface area contributed by atoms with Crippen molar-refractivity contribution in [2.24, 2.45) is 0 Å². The molecule has 0 saturated heterocycles. The van der Waals surface area contributed by atoms with Crippen molar-refractivity contribution in [3.05, 3.63) is 12.7 Å². The molecule has 0 aromatic carbocycles. The molecule has 0 heterocycles. The van der Waals surface area contributed by atoms with Crippen molar-refractivity contribution in [1.82, 2.24) is 5.48 Å². The van der Waals surface area contributed by atoms with Gasteiger partial charge in [0.1, 0.15) is 0 Å². The number of hydrogen-bond donors (Lipinski definition) is 1. The first-order valence-electron chi connectivity index (χ1n) is 1.61. The van der Waals surface area contributed by atoms with Gasteiger partial charge >= 0.3 is 8.05 Å². The summed E-state index contributed by atoms with van der Waals surface area (Å²) < 4.78 is 3.96. The molecule has 2 radical (unpaired) electrons. The number of hydroxylamine groups is 1. The summed E-state index contributed by atoms with van der Waals surface area (Å²) in [5, 5.41) is 0. The van der Waals surface area contributed by atoms with Crippen LogP contribution in [0.15, 0.2) is 12.7 Å². The van der Waals surface area contributed by atoms with E-state index >= 15 is 0 Å². The van der Waals surface area contributed by atoms with Crippen LogP contribution in [0.25, 0.3) is 0 Å². The van der Waals surface area contributed by atoms with E-state index in [1.165, 1.54) is 0 Å². The van der Waals surface area contributed by atoms with Crippen LogP contribution in [0.2, 0.25) is 0 Å². The second kappa shape index (κ2) is 4.72. The quantitative estimate of drug-likeness (QED) is 0.220. The summed E-state index contributed by atoms with van der Waals surface area (Å²) in [6, 6.07) is 0. The molecule has 32 valence electrons. The Labute approximate surface area is 38.6 Å². The van der Waals surface area contributed by atoms with Crippen LogP contribution in [0, 0.1) is 0 Å². The highest BCUT2D eigenvalue weighted by Crippen LogP contribution is 1.54. The monoisotopic (exact) mass is 83.1 g/mol. The molecule has 0 rings (SSSR count). The van der Waals surface area contributed by atoms with Gasteiger partial charge in [-0.25, -0.2) is 5.48 Å². The predicted octanol–water partition coefficient (Wildman–Crippen LogP) is -0.223. The third-order valence-corrected chi connectivity index (χ3v) is 0.311. The smallest absolute Gasteiger partial charge is 0.316 e. The van der Waals surface area contributed by atoms with Gasteiger partial charge in [0.15, 0.2) is 0 Å². The van der Waals surface area contributed by atoms with Crippen molar-refractivity contribution in [2.45, 2.75) is 0 Å². The average molecular weight is 82.9 g/mol. The minimum absolute atomic E-state index is 0.580. The Kier molecular flexibility index (Phi) is 4.51. The predicted molar refractivity (Wildman–Crippen MR) is 25.0 cm³/mol. The van der Waals surface area contributed by atoms with E-state index in [0.717, 1.165) is 0 Å². The lowest BCUT2D eigenvalue weighted by Crippen LogP contribution is -2.10. The minimum Gasteiger partial charge on any atom is -0.376 e. The molecule has 0 aliphatic heterocycles. The third-order valence-electron chi connectivity index (χ3n) is 0.311. The number of rotatable bonds is 3. The standard InChI is InChI=1S/C3H6BNO/c1-2-3-5-6-4/h2,5H,1,3H2. The van der Waals surface area contributed by atoms with Gasteiger partial charge in [-0.15, -0.1) is 6.58 Å². The van der Waals surface area contributed by atoms with Crippen LogP contribution in [0.4, 0.5) is 0 Å². The van der Waals surface area contributed by atoms with Gasteiger partial charge in [-0.05, 0) is 0 Å². The lowest BCUT2D eigenvalue weighted by atomic mass is 10.6. The van der Waals surface area contributed by atoms with E-state index in [9.17, 15) is 0 Å². The summed E-state index contributed by atoms with van der Waals surface area (Å²) in [5.41, 5.74) is 2.36. The average Bonchev–Trinajstić information content (AvgIpc) is 1.61. The lowest BCUT2D eigenvalue weighted by molar-refractivity contribution is 0.232. The maximum Gasteiger partial charge on any atom is 0.316 e. The van der Waals surface area contributed by atoms with Crippen LogP contribution in [-0.4, -0.2) is 14.6 Å². The van der Waals surface area contributed by atoms with Crippen LogP contribution in [-0.2, 0) is 4.76 Å². The Bertz CT molecular complexity index is 39.8. The van der Waals surface area contributed by atoms with E-state index in [1.807, 2.05) is 0 Å². The fourth-order valence-electron chi connectivity index (χ4n) is 0.107. The first kappa shape index (κ1) is 5.72. The maximum atomic E-state index is 4.56. The van der Waals surface area contributed by atoms with Crippen LogP contribution in [0.5, 0.6) is 0 Å². The summed E-state index contributed by atoms with van der Waals surface area (Å²) in [7, 11) is 4.56. The van der Waals surface area contributed by atoms with E-state index in [2.05, 4.69) is 24.9 Å². The summed E-state index contributed by atoms with van der Waals surface area (Å²) >= 11 is 0. The molecule has 0 atom stereocenters. The first-order valence-corrected chi connectivity index (χ1v) is 1.61. The molecule has 0 aliphatic carbocycles. The fraction of sp³-hybridized carbons (Fsp3) is 0.333. The Balaban J connectivity index is 2.49. The Morgan fingerprint density at radius 1 is 2.00 bits per heavy atom. The highest BCUT2D eigenvalue weighted by atomic mass is 16.6. The van der Waals surface area contributed by atoms with Gasteiger partial charge in [0.25, 0.3) is 0 Å². The first-order chi connectivity index (χ1) is 2.91. The van der Waals surface area contributed by atoms with E-state index < -0.39 is 0 Å². The number of nitrogens with one attached hydrogen (secondary N) is 1. The SMILES string of the molecule is [B]ONCC=C. The molecule has 2 nitrogen and oxygen atoms in total. The molecule has 0 fully saturated rings. The molecule has 6 heavy (non-hydrogen) atoms. The molecule has 0 aliphatic rings. The topological polar surface area (TPSA) is 21.3 Å². The summed E-state index contributed by atoms with van der Waals surface area (Å²) in [4.78, 5) is 0. The second-order valence-corrected chi connectivity index (χ2v) is 0.755. The fourth-order valence-corrected chi connectivity index (χ4v) is 0.107. The van der Waals surface area contributed by atoms with Gasteiger partial charge in [-0.2, -0.15) is 0 Å². The van der Waals surface area contributed by atoms with Crippen LogP contribution < -0.4 is 5.48 Å². The summed E-state index contributed by atoms with van der Waals surface area (Å²) in [6.45, 7) is 3.98. The molecule has 0 unspecified atom stereocenters. The summed E-state index contributed by atoms with van der Waals surface area (Å²) in [6.07, 6.45) is 1.65. The molecule has 3 heteroatoms. The zero-order valence-corrected chi connectivity index (χ0v) is 3.48. The van der Waals surface area contributed by atoms with Gasteiger partial charge in [0.2, 0.25) is 0 Å². The Hall–Kier alpha value is -0.275. The molecule has 0 bridgehead atoms. The molecule has 0 saturated carbocycles. The maximum absolute atomic E-state index is 4.56. The number of hydrogen-bond acceptors (Lipinski definition) is 2. The van der Waals surface area contributed by atoms with Gasteiger partial charge in [-0.1, -0.05) is 6.08 Å². The summed E-state index contributed by atoms with van der Waals surface area (Å²) in [5.74, 6) is 0. The third kappa shape index (κ3) is 3.72. The van der Waals surface area contributed by atoms with Crippen molar-refractivity contribution in [1.29, 1.82) is 0 Å². The molecule has 0 spiro atoms. The molecular weight excluding hydrogens is 76.9 g/mol. The van der Waals surface area contributed by atoms with Crippen molar-refractivity contribution < 1.29 is 4.76 Å². The van der Waals surface area contributed by atoms with Crippen molar-refractivity contribution in [3.8, 4) is 0 Å². The van der Waals surface area contributed by atoms with Crippen LogP contribution >= 0.6 is 0 Å². The van der Waals surface area contributed by atoms with Crippen LogP contribution in [0.3, 0.4) is 0 Å². The normalized spacial score (nSPS) is 8.00. The lowest BCUT2D eigenvalue weighted by Gasteiger charge is -1.91.